The predicted octanol–water partition coefficient (Wildman–Crippen LogP) is 5.27. The molecule has 2 aromatic heterocycles. The molecule has 4 saturated heterocycles. The topological polar surface area (TPSA) is 123 Å². The van der Waals surface area contributed by atoms with E-state index in [1.165, 1.54) is 0 Å². The lowest BCUT2D eigenvalue weighted by molar-refractivity contribution is -0.132. The number of hydrogen-bond acceptors (Lipinski definition) is 8. The molecule has 6 heterocycles. The Bertz CT molecular complexity index is 2360. The molecule has 12 nitrogen and oxygen atoms in total. The van der Waals surface area contributed by atoms with Crippen molar-refractivity contribution in [1.29, 1.82) is 0 Å². The average Bonchev–Trinajstić information content (AvgIpc) is 4.11. The van der Waals surface area contributed by atoms with Gasteiger partial charge in [0.05, 0.1) is 73.4 Å². The van der Waals surface area contributed by atoms with Gasteiger partial charge in [0.1, 0.15) is 11.6 Å². The van der Waals surface area contributed by atoms with E-state index >= 15 is 0 Å². The second-order valence-corrected chi connectivity index (χ2v) is 16.5. The summed E-state index contributed by atoms with van der Waals surface area (Å²) in [6, 6.07) is 32.3. The zero-order valence-electron chi connectivity index (χ0n) is 33.8. The highest BCUT2D eigenvalue weighted by Gasteiger charge is 2.42. The Morgan fingerprint density at radius 3 is 1.42 bits per heavy atom. The van der Waals surface area contributed by atoms with Crippen molar-refractivity contribution in [3.05, 3.63) is 131 Å². The Balaban J connectivity index is 0.873. The summed E-state index contributed by atoms with van der Waals surface area (Å²) in [7, 11) is 0. The number of nitrogens with zero attached hydrogens (tertiary/aromatic N) is 6. The number of ether oxygens (including phenoxy) is 2. The number of likely N-dealkylation sites (tertiary alicyclic amines) is 2. The number of imidazole rings is 2. The van der Waals surface area contributed by atoms with E-state index in [4.69, 9.17) is 19.4 Å². The molecule has 0 aliphatic carbocycles. The van der Waals surface area contributed by atoms with Gasteiger partial charge in [-0.05, 0) is 60.4 Å². The van der Waals surface area contributed by atoms with Crippen LogP contribution in [0, 0.1) is 11.8 Å². The molecular formula is C48H50N8O4. The van der Waals surface area contributed by atoms with Gasteiger partial charge in [0.25, 0.3) is 0 Å². The maximum Gasteiger partial charge on any atom is 0.227 e. The van der Waals surface area contributed by atoms with Crippen LogP contribution in [0.1, 0.15) is 58.8 Å². The summed E-state index contributed by atoms with van der Waals surface area (Å²) in [4.78, 5) is 53.9. The summed E-state index contributed by atoms with van der Waals surface area (Å²) in [6.45, 7) is 7.72. The SMILES string of the molecule is O=C(Cc1ccccc1)N1C[C@@H](N2CCOCC2)C[C@H]1c1nc2cc(C#Cc3ccc4[nH]c([C@@H]5C[C@H](N6CCOCC6)CN5C(=O)Cc5ccccc5)nc4c3)ccc2[nH]1. The van der Waals surface area contributed by atoms with Crippen LogP contribution in [0.2, 0.25) is 0 Å². The second kappa shape index (κ2) is 17.0. The van der Waals surface area contributed by atoms with E-state index in [2.05, 4.69) is 31.6 Å². The molecule has 2 N–H and O–H groups in total. The van der Waals surface area contributed by atoms with Crippen molar-refractivity contribution in [2.45, 2.75) is 49.9 Å². The van der Waals surface area contributed by atoms with Crippen LogP contribution in [0.25, 0.3) is 22.1 Å². The van der Waals surface area contributed by atoms with Crippen LogP contribution in [0.4, 0.5) is 0 Å². The molecule has 0 spiro atoms. The maximum absolute atomic E-state index is 13.8. The molecule has 4 fully saturated rings. The second-order valence-electron chi connectivity index (χ2n) is 16.5. The lowest BCUT2D eigenvalue weighted by atomic mass is 10.1. The highest BCUT2D eigenvalue weighted by molar-refractivity contribution is 5.82. The van der Waals surface area contributed by atoms with Crippen LogP contribution in [-0.2, 0) is 31.9 Å². The molecule has 0 saturated carbocycles. The molecule has 2 amide bonds. The lowest BCUT2D eigenvalue weighted by Crippen LogP contribution is -2.45. The van der Waals surface area contributed by atoms with Gasteiger partial charge in [0, 0.05) is 62.5 Å². The maximum atomic E-state index is 13.8. The molecule has 0 unspecified atom stereocenters. The number of rotatable bonds is 8. The molecule has 60 heavy (non-hydrogen) atoms. The average molecular weight is 803 g/mol. The minimum atomic E-state index is -0.148. The molecule has 306 valence electrons. The summed E-state index contributed by atoms with van der Waals surface area (Å²) < 4.78 is 11.3. The Morgan fingerprint density at radius 2 is 1.00 bits per heavy atom. The quantitative estimate of drug-likeness (QED) is 0.200. The highest BCUT2D eigenvalue weighted by atomic mass is 16.5. The molecule has 4 aromatic carbocycles. The molecule has 4 aliphatic rings. The number of morpholine rings is 2. The molecule has 6 aromatic rings. The van der Waals surface area contributed by atoms with Crippen molar-refractivity contribution in [1.82, 2.24) is 39.5 Å². The van der Waals surface area contributed by atoms with Crippen LogP contribution in [0.5, 0.6) is 0 Å². The van der Waals surface area contributed by atoms with E-state index in [-0.39, 0.29) is 36.0 Å². The number of carbonyl (C=O) groups is 2. The van der Waals surface area contributed by atoms with Gasteiger partial charge in [-0.1, -0.05) is 72.5 Å². The van der Waals surface area contributed by atoms with E-state index in [0.717, 1.165) is 121 Å². The van der Waals surface area contributed by atoms with E-state index in [1.54, 1.807) is 0 Å². The Hall–Kier alpha value is -5.84. The number of H-pyrrole nitrogens is 2. The number of nitrogens with one attached hydrogen (secondary N) is 2. The summed E-state index contributed by atoms with van der Waals surface area (Å²) in [6.07, 6.45) is 2.37. The van der Waals surface area contributed by atoms with E-state index < -0.39 is 0 Å². The number of aromatic amines is 2. The van der Waals surface area contributed by atoms with Crippen LogP contribution >= 0.6 is 0 Å². The van der Waals surface area contributed by atoms with Gasteiger partial charge in [-0.25, -0.2) is 9.97 Å². The molecule has 0 bridgehead atoms. The third-order valence-electron chi connectivity index (χ3n) is 12.7. The first kappa shape index (κ1) is 38.4. The zero-order chi connectivity index (χ0) is 40.4. The largest absolute Gasteiger partial charge is 0.379 e. The fourth-order valence-corrected chi connectivity index (χ4v) is 9.52. The van der Waals surface area contributed by atoms with Gasteiger partial charge in [0.2, 0.25) is 11.8 Å². The van der Waals surface area contributed by atoms with Crippen molar-refractivity contribution < 1.29 is 19.1 Å². The van der Waals surface area contributed by atoms with Gasteiger partial charge in [-0.15, -0.1) is 0 Å². The number of carbonyl (C=O) groups excluding carboxylic acids is 2. The van der Waals surface area contributed by atoms with E-state index in [0.29, 0.717) is 25.9 Å². The number of amides is 2. The van der Waals surface area contributed by atoms with Gasteiger partial charge < -0.3 is 29.2 Å². The minimum Gasteiger partial charge on any atom is -0.379 e. The van der Waals surface area contributed by atoms with Gasteiger partial charge in [0.15, 0.2) is 0 Å². The molecule has 10 rings (SSSR count). The van der Waals surface area contributed by atoms with Gasteiger partial charge in [-0.3, -0.25) is 19.4 Å². The highest BCUT2D eigenvalue weighted by Crippen LogP contribution is 2.37. The predicted molar refractivity (Wildman–Crippen MR) is 229 cm³/mol. The summed E-state index contributed by atoms with van der Waals surface area (Å²) in [5.74, 6) is 8.57. The molecule has 4 aliphatic heterocycles. The van der Waals surface area contributed by atoms with Crippen LogP contribution in [0.3, 0.4) is 0 Å². The normalized spacial score (nSPS) is 22.7. The summed E-state index contributed by atoms with van der Waals surface area (Å²) >= 11 is 0. The van der Waals surface area contributed by atoms with E-state index in [1.807, 2.05) is 107 Å². The smallest absolute Gasteiger partial charge is 0.227 e. The third-order valence-corrected chi connectivity index (χ3v) is 12.7. The van der Waals surface area contributed by atoms with E-state index in [9.17, 15) is 9.59 Å². The molecule has 12 heteroatoms. The fraction of sp³-hybridized carbons (Fsp3) is 0.375. The Labute approximate surface area is 349 Å². The first-order valence-corrected chi connectivity index (χ1v) is 21.3. The number of aromatic nitrogens is 4. The van der Waals surface area contributed by atoms with Crippen LogP contribution in [-0.4, -0.2) is 129 Å². The van der Waals surface area contributed by atoms with Crippen molar-refractivity contribution in [3.8, 4) is 11.8 Å². The molecular weight excluding hydrogens is 753 g/mol. The van der Waals surface area contributed by atoms with Gasteiger partial charge >= 0.3 is 0 Å². The minimum absolute atomic E-state index is 0.115. The van der Waals surface area contributed by atoms with Crippen molar-refractivity contribution >= 4 is 33.9 Å². The lowest BCUT2D eigenvalue weighted by Gasteiger charge is -2.31. The van der Waals surface area contributed by atoms with Crippen LogP contribution in [0.15, 0.2) is 97.1 Å². The van der Waals surface area contributed by atoms with Crippen molar-refractivity contribution in [2.75, 3.05) is 65.7 Å². The summed E-state index contributed by atoms with van der Waals surface area (Å²) in [5, 5.41) is 0. The van der Waals surface area contributed by atoms with Crippen molar-refractivity contribution in [3.63, 3.8) is 0 Å². The first-order chi connectivity index (χ1) is 29.5. The first-order valence-electron chi connectivity index (χ1n) is 21.3. The standard InChI is InChI=1S/C48H50N8O4/c57-45(27-33-7-3-1-4-8-33)55-31-37(53-17-21-59-22-18-53)29-43(55)47-49-39-15-13-35(25-41(39)51-47)11-12-36-14-16-40-42(26-36)52-48(50-40)44-30-38(54-19-23-60-24-20-54)32-56(44)46(58)28-34-9-5-2-6-10-34/h1-10,13-16,25-26,37-38,43-44H,17-24,27-32H2,(H,49,51)(H,50,52)/t37-,38-,43-,44-/m0/s1. The number of benzene rings is 4. The molecule has 4 atom stereocenters. The molecule has 0 radical (unpaired) electrons. The fourth-order valence-electron chi connectivity index (χ4n) is 9.52. The Morgan fingerprint density at radius 1 is 0.583 bits per heavy atom. The van der Waals surface area contributed by atoms with Gasteiger partial charge in [-0.2, -0.15) is 0 Å². The third kappa shape index (κ3) is 8.18. The number of fused-ring (bicyclic) bond motifs is 2. The Kier molecular flexibility index (Phi) is 10.9. The van der Waals surface area contributed by atoms with Crippen LogP contribution < -0.4 is 0 Å². The van der Waals surface area contributed by atoms with Crippen molar-refractivity contribution in [2.24, 2.45) is 0 Å². The monoisotopic (exact) mass is 802 g/mol. The zero-order valence-corrected chi connectivity index (χ0v) is 33.8. The number of hydrogen-bond donors (Lipinski definition) is 2. The summed E-state index contributed by atoms with van der Waals surface area (Å²) in [5.41, 5.74) is 7.23.